The van der Waals surface area contributed by atoms with E-state index in [0.717, 1.165) is 0 Å². The Balaban J connectivity index is 2.03. The van der Waals surface area contributed by atoms with Crippen molar-refractivity contribution in [2.75, 3.05) is 6.61 Å². The van der Waals surface area contributed by atoms with Crippen LogP contribution in [0.25, 0.3) is 0 Å². The van der Waals surface area contributed by atoms with Crippen LogP contribution >= 0.6 is 0 Å². The molecule has 0 atom stereocenters. The summed E-state index contributed by atoms with van der Waals surface area (Å²) in [5.41, 5.74) is -0.548. The fourth-order valence-corrected chi connectivity index (χ4v) is 1.67. The van der Waals surface area contributed by atoms with Gasteiger partial charge < -0.3 is 10.1 Å². The highest BCUT2D eigenvalue weighted by molar-refractivity contribution is 5.99. The Hall–Kier alpha value is -1.91. The molecule has 1 aromatic carbocycles. The maximum atomic E-state index is 12.7. The number of nitrogens with one attached hydrogen (secondary N) is 1. The molecule has 5 heteroatoms. The minimum absolute atomic E-state index is 0.285. The molecule has 96 valence electrons. The van der Waals surface area contributed by atoms with Crippen molar-refractivity contribution in [2.24, 2.45) is 0 Å². The Kier molecular flexibility index (Phi) is 3.32. The topological polar surface area (TPSA) is 55.4 Å². The Labute approximate surface area is 104 Å². The van der Waals surface area contributed by atoms with Gasteiger partial charge in [-0.15, -0.1) is 0 Å². The second kappa shape index (κ2) is 4.76. The monoisotopic (exact) mass is 251 g/mol. The van der Waals surface area contributed by atoms with E-state index in [9.17, 15) is 14.0 Å². The molecule has 1 aliphatic rings. The first kappa shape index (κ1) is 12.5. The van der Waals surface area contributed by atoms with E-state index in [1.807, 2.05) is 0 Å². The van der Waals surface area contributed by atoms with Crippen molar-refractivity contribution in [2.45, 2.75) is 25.3 Å². The van der Waals surface area contributed by atoms with Crippen molar-refractivity contribution in [3.8, 4) is 0 Å². The van der Waals surface area contributed by atoms with Crippen LogP contribution in [-0.2, 0) is 9.53 Å². The molecule has 1 saturated carbocycles. The van der Waals surface area contributed by atoms with Crippen LogP contribution in [0.2, 0.25) is 0 Å². The second-order valence-electron chi connectivity index (χ2n) is 4.26. The lowest BCUT2D eigenvalue weighted by molar-refractivity contribution is -0.146. The molecule has 1 N–H and O–H groups in total. The van der Waals surface area contributed by atoms with Crippen LogP contribution in [0.1, 0.15) is 30.1 Å². The van der Waals surface area contributed by atoms with Crippen molar-refractivity contribution in [3.63, 3.8) is 0 Å². The Bertz CT molecular complexity index is 466. The molecule has 0 saturated heterocycles. The minimum Gasteiger partial charge on any atom is -0.464 e. The lowest BCUT2D eigenvalue weighted by Gasteiger charge is -2.15. The van der Waals surface area contributed by atoms with Crippen LogP contribution in [-0.4, -0.2) is 24.0 Å². The van der Waals surface area contributed by atoms with Gasteiger partial charge in [-0.1, -0.05) is 0 Å². The zero-order valence-electron chi connectivity index (χ0n) is 10.0. The molecule has 4 nitrogen and oxygen atoms in total. The van der Waals surface area contributed by atoms with Crippen LogP contribution in [0, 0.1) is 5.82 Å². The van der Waals surface area contributed by atoms with Gasteiger partial charge in [0.25, 0.3) is 5.91 Å². The van der Waals surface area contributed by atoms with Crippen molar-refractivity contribution in [1.82, 2.24) is 5.32 Å². The average Bonchev–Trinajstić information content (AvgIpc) is 3.11. The molecule has 0 aliphatic heterocycles. The molecule has 0 spiro atoms. The van der Waals surface area contributed by atoms with Crippen LogP contribution in [0.15, 0.2) is 24.3 Å². The summed E-state index contributed by atoms with van der Waals surface area (Å²) < 4.78 is 17.6. The minimum atomic E-state index is -0.874. The molecule has 0 aromatic heterocycles. The first-order valence-corrected chi connectivity index (χ1v) is 5.83. The van der Waals surface area contributed by atoms with E-state index in [4.69, 9.17) is 4.74 Å². The maximum absolute atomic E-state index is 12.7. The summed E-state index contributed by atoms with van der Waals surface area (Å²) in [5, 5.41) is 2.65. The highest BCUT2D eigenvalue weighted by Gasteiger charge is 2.52. The van der Waals surface area contributed by atoms with E-state index in [1.54, 1.807) is 6.92 Å². The number of carbonyl (C=O) groups is 2. The molecule has 0 bridgehead atoms. The normalized spacial score (nSPS) is 15.9. The molecule has 0 unspecified atom stereocenters. The van der Waals surface area contributed by atoms with Gasteiger partial charge in [0.1, 0.15) is 11.4 Å². The first-order valence-electron chi connectivity index (χ1n) is 5.83. The Morgan fingerprint density at radius 3 is 2.44 bits per heavy atom. The molecule has 0 heterocycles. The standard InChI is InChI=1S/C13H14FNO3/c1-2-18-12(17)13(7-8-13)15-11(16)9-3-5-10(14)6-4-9/h3-6H,2,7-8H2,1H3,(H,15,16). The largest absolute Gasteiger partial charge is 0.464 e. The highest BCUT2D eigenvalue weighted by Crippen LogP contribution is 2.36. The summed E-state index contributed by atoms with van der Waals surface area (Å²) >= 11 is 0. The van der Waals surface area contributed by atoms with Gasteiger partial charge in [-0.05, 0) is 44.0 Å². The lowest BCUT2D eigenvalue weighted by Crippen LogP contribution is -2.44. The Morgan fingerprint density at radius 1 is 1.33 bits per heavy atom. The molecule has 0 radical (unpaired) electrons. The zero-order valence-corrected chi connectivity index (χ0v) is 10.0. The highest BCUT2D eigenvalue weighted by atomic mass is 19.1. The van der Waals surface area contributed by atoms with Crippen molar-refractivity contribution >= 4 is 11.9 Å². The number of esters is 1. The number of benzene rings is 1. The van der Waals surface area contributed by atoms with Gasteiger partial charge >= 0.3 is 5.97 Å². The van der Waals surface area contributed by atoms with Crippen molar-refractivity contribution < 1.29 is 18.7 Å². The van der Waals surface area contributed by atoms with Gasteiger partial charge in [-0.25, -0.2) is 9.18 Å². The van der Waals surface area contributed by atoms with E-state index >= 15 is 0 Å². The van der Waals surface area contributed by atoms with Gasteiger partial charge in [0, 0.05) is 5.56 Å². The maximum Gasteiger partial charge on any atom is 0.331 e. The number of hydrogen-bond donors (Lipinski definition) is 1. The van der Waals surface area contributed by atoms with E-state index in [1.165, 1.54) is 24.3 Å². The summed E-state index contributed by atoms with van der Waals surface area (Å²) in [6.07, 6.45) is 1.16. The van der Waals surface area contributed by atoms with Crippen LogP contribution < -0.4 is 5.32 Å². The van der Waals surface area contributed by atoms with Crippen molar-refractivity contribution in [3.05, 3.63) is 35.6 Å². The quantitative estimate of drug-likeness (QED) is 0.828. The number of amides is 1. The summed E-state index contributed by atoms with van der Waals surface area (Å²) in [6, 6.07) is 5.18. The molecule has 1 aromatic rings. The number of carbonyl (C=O) groups excluding carboxylic acids is 2. The summed E-state index contributed by atoms with van der Waals surface area (Å²) in [4.78, 5) is 23.5. The van der Waals surface area contributed by atoms with Gasteiger partial charge in [0.2, 0.25) is 0 Å². The summed E-state index contributed by atoms with van der Waals surface area (Å²) in [6.45, 7) is 2.00. The number of halogens is 1. The number of hydrogen-bond acceptors (Lipinski definition) is 3. The fourth-order valence-electron chi connectivity index (χ4n) is 1.67. The van der Waals surface area contributed by atoms with E-state index in [0.29, 0.717) is 18.4 Å². The molecule has 2 rings (SSSR count). The molecule has 1 fully saturated rings. The predicted molar refractivity (Wildman–Crippen MR) is 62.5 cm³/mol. The number of ether oxygens (including phenoxy) is 1. The first-order chi connectivity index (χ1) is 8.57. The lowest BCUT2D eigenvalue weighted by atomic mass is 10.2. The van der Waals surface area contributed by atoms with Gasteiger partial charge in [-0.2, -0.15) is 0 Å². The van der Waals surface area contributed by atoms with Crippen molar-refractivity contribution in [1.29, 1.82) is 0 Å². The average molecular weight is 251 g/mol. The van der Waals surface area contributed by atoms with E-state index < -0.39 is 17.3 Å². The number of rotatable bonds is 4. The Morgan fingerprint density at radius 2 is 1.94 bits per heavy atom. The van der Waals surface area contributed by atoms with Crippen LogP contribution in [0.4, 0.5) is 4.39 Å². The second-order valence-corrected chi connectivity index (χ2v) is 4.26. The zero-order chi connectivity index (χ0) is 13.2. The van der Waals surface area contributed by atoms with E-state index in [2.05, 4.69) is 5.32 Å². The molecular weight excluding hydrogens is 237 g/mol. The third kappa shape index (κ3) is 2.50. The van der Waals surface area contributed by atoms with Gasteiger partial charge in [-0.3, -0.25) is 4.79 Å². The molecule has 18 heavy (non-hydrogen) atoms. The van der Waals surface area contributed by atoms with Gasteiger partial charge in [0.15, 0.2) is 0 Å². The molecule has 1 aliphatic carbocycles. The van der Waals surface area contributed by atoms with E-state index in [-0.39, 0.29) is 12.5 Å². The summed E-state index contributed by atoms with van der Waals surface area (Å²) in [7, 11) is 0. The third-order valence-corrected chi connectivity index (χ3v) is 2.88. The fraction of sp³-hybridized carbons (Fsp3) is 0.385. The van der Waals surface area contributed by atoms with Crippen LogP contribution in [0.5, 0.6) is 0 Å². The SMILES string of the molecule is CCOC(=O)C1(NC(=O)c2ccc(F)cc2)CC1. The van der Waals surface area contributed by atoms with Gasteiger partial charge in [0.05, 0.1) is 6.61 Å². The summed E-state index contributed by atoms with van der Waals surface area (Å²) in [5.74, 6) is -1.20. The predicted octanol–water partition coefficient (Wildman–Crippen LogP) is 1.65. The molecule has 1 amide bonds. The third-order valence-electron chi connectivity index (χ3n) is 2.88. The van der Waals surface area contributed by atoms with Crippen LogP contribution in [0.3, 0.4) is 0 Å². The molecular formula is C13H14FNO3. The smallest absolute Gasteiger partial charge is 0.331 e.